The van der Waals surface area contributed by atoms with E-state index in [9.17, 15) is 14.4 Å². The number of primary amides is 1. The maximum atomic E-state index is 12.4. The summed E-state index contributed by atoms with van der Waals surface area (Å²) in [4.78, 5) is 41.1. The van der Waals surface area contributed by atoms with Gasteiger partial charge in [0.05, 0.1) is 0 Å². The Morgan fingerprint density at radius 1 is 1.48 bits per heavy atom. The average molecular weight is 318 g/mol. The molecular weight excluding hydrogens is 296 g/mol. The van der Waals surface area contributed by atoms with E-state index >= 15 is 0 Å². The van der Waals surface area contributed by atoms with E-state index in [4.69, 9.17) is 5.73 Å². The molecule has 7 heteroatoms. The molecule has 1 saturated heterocycles. The van der Waals surface area contributed by atoms with Gasteiger partial charge in [0.1, 0.15) is 12.1 Å². The molecule has 1 fully saturated rings. The van der Waals surface area contributed by atoms with Crippen molar-refractivity contribution in [3.8, 4) is 0 Å². The van der Waals surface area contributed by atoms with E-state index in [0.29, 0.717) is 19.4 Å². The predicted molar refractivity (Wildman–Crippen MR) is 84.1 cm³/mol. The lowest BCUT2D eigenvalue weighted by atomic mass is 10.1. The maximum absolute atomic E-state index is 12.4. The van der Waals surface area contributed by atoms with Crippen molar-refractivity contribution in [3.05, 3.63) is 30.1 Å². The third-order valence-corrected chi connectivity index (χ3v) is 3.98. The molecule has 124 valence electrons. The fourth-order valence-electron chi connectivity index (χ4n) is 2.75. The normalized spacial score (nSPS) is 18.5. The number of nitrogens with one attached hydrogen (secondary N) is 1. The van der Waals surface area contributed by atoms with Crippen LogP contribution in [0.5, 0.6) is 0 Å². The van der Waals surface area contributed by atoms with Gasteiger partial charge in [-0.1, -0.05) is 6.07 Å². The summed E-state index contributed by atoms with van der Waals surface area (Å²) in [6, 6.07) is 2.49. The van der Waals surface area contributed by atoms with Gasteiger partial charge in [-0.05, 0) is 37.8 Å². The number of hydrogen-bond acceptors (Lipinski definition) is 4. The van der Waals surface area contributed by atoms with Gasteiger partial charge >= 0.3 is 0 Å². The van der Waals surface area contributed by atoms with Crippen LogP contribution in [0.1, 0.15) is 31.7 Å². The van der Waals surface area contributed by atoms with Crippen LogP contribution in [-0.2, 0) is 20.8 Å². The number of nitrogens with zero attached hydrogens (tertiary/aromatic N) is 2. The van der Waals surface area contributed by atoms with E-state index in [1.54, 1.807) is 19.3 Å². The van der Waals surface area contributed by atoms with Crippen molar-refractivity contribution in [3.63, 3.8) is 0 Å². The first-order chi connectivity index (χ1) is 11.0. The zero-order chi connectivity index (χ0) is 16.8. The summed E-state index contributed by atoms with van der Waals surface area (Å²) in [5.74, 6) is -0.962. The second kappa shape index (κ2) is 7.71. The molecule has 1 aromatic heterocycles. The maximum Gasteiger partial charge on any atom is 0.245 e. The first kappa shape index (κ1) is 16.9. The quantitative estimate of drug-likeness (QED) is 0.770. The number of aryl methyl sites for hydroxylation is 1. The Bertz CT molecular complexity index is 576. The van der Waals surface area contributed by atoms with Gasteiger partial charge in [0, 0.05) is 25.4 Å². The zero-order valence-electron chi connectivity index (χ0n) is 13.2. The monoisotopic (exact) mass is 318 g/mol. The first-order valence-electron chi connectivity index (χ1n) is 7.77. The Hall–Kier alpha value is -2.44. The summed E-state index contributed by atoms with van der Waals surface area (Å²) in [5, 5.41) is 2.68. The van der Waals surface area contributed by atoms with Crippen molar-refractivity contribution in [1.29, 1.82) is 0 Å². The average Bonchev–Trinajstić information content (AvgIpc) is 3.03. The van der Waals surface area contributed by atoms with Crippen LogP contribution in [0.25, 0.3) is 0 Å². The van der Waals surface area contributed by atoms with Crippen LogP contribution >= 0.6 is 0 Å². The number of carbonyl (C=O) groups excluding carboxylic acids is 3. The third kappa shape index (κ3) is 4.51. The Labute approximate surface area is 135 Å². The molecule has 3 amide bonds. The van der Waals surface area contributed by atoms with Crippen molar-refractivity contribution in [2.45, 2.75) is 44.7 Å². The highest BCUT2D eigenvalue weighted by Crippen LogP contribution is 2.17. The number of pyridine rings is 1. The molecule has 1 aliphatic rings. The molecule has 2 rings (SSSR count). The lowest BCUT2D eigenvalue weighted by molar-refractivity contribution is -0.140. The van der Waals surface area contributed by atoms with Gasteiger partial charge in [-0.3, -0.25) is 19.4 Å². The van der Waals surface area contributed by atoms with Gasteiger partial charge in [0.15, 0.2) is 0 Å². The highest BCUT2D eigenvalue weighted by Gasteiger charge is 2.34. The minimum absolute atomic E-state index is 0.204. The summed E-state index contributed by atoms with van der Waals surface area (Å²) in [6.07, 6.45) is 5.57. The Morgan fingerprint density at radius 2 is 2.26 bits per heavy atom. The Balaban J connectivity index is 1.83. The number of rotatable bonds is 6. The summed E-state index contributed by atoms with van der Waals surface area (Å²) >= 11 is 0. The molecule has 7 nitrogen and oxygen atoms in total. The van der Waals surface area contributed by atoms with Crippen LogP contribution < -0.4 is 11.1 Å². The van der Waals surface area contributed by atoms with Crippen molar-refractivity contribution < 1.29 is 14.4 Å². The summed E-state index contributed by atoms with van der Waals surface area (Å²) < 4.78 is 0. The van der Waals surface area contributed by atoms with Gasteiger partial charge in [-0.2, -0.15) is 0 Å². The second-order valence-corrected chi connectivity index (χ2v) is 5.74. The van der Waals surface area contributed by atoms with Crippen molar-refractivity contribution in [2.75, 3.05) is 6.54 Å². The van der Waals surface area contributed by atoms with E-state index in [0.717, 1.165) is 12.0 Å². The summed E-state index contributed by atoms with van der Waals surface area (Å²) in [7, 11) is 0. The molecule has 3 N–H and O–H groups in total. The first-order valence-corrected chi connectivity index (χ1v) is 7.77. The Kier molecular flexibility index (Phi) is 5.67. The van der Waals surface area contributed by atoms with E-state index in [-0.39, 0.29) is 18.2 Å². The van der Waals surface area contributed by atoms with Crippen LogP contribution in [0.15, 0.2) is 24.5 Å². The number of amides is 3. The largest absolute Gasteiger partial charge is 0.368 e. The summed E-state index contributed by atoms with van der Waals surface area (Å²) in [6.45, 7) is 2.13. The SMILES string of the molecule is CC(NC(=O)CCc1cccnc1)C(=O)N1CCC[C@H]1C(N)=O. The van der Waals surface area contributed by atoms with Crippen LogP contribution in [0.3, 0.4) is 0 Å². The molecule has 0 bridgehead atoms. The third-order valence-electron chi connectivity index (χ3n) is 3.98. The van der Waals surface area contributed by atoms with Crippen LogP contribution in [0.4, 0.5) is 0 Å². The molecule has 0 aromatic carbocycles. The number of carbonyl (C=O) groups is 3. The minimum Gasteiger partial charge on any atom is -0.368 e. The zero-order valence-corrected chi connectivity index (χ0v) is 13.2. The van der Waals surface area contributed by atoms with Gasteiger partial charge < -0.3 is 16.0 Å². The van der Waals surface area contributed by atoms with Crippen LogP contribution in [0, 0.1) is 0 Å². The number of hydrogen-bond donors (Lipinski definition) is 2. The smallest absolute Gasteiger partial charge is 0.245 e. The molecule has 2 atom stereocenters. The molecule has 1 aliphatic heterocycles. The van der Waals surface area contributed by atoms with Crippen molar-refractivity contribution >= 4 is 17.7 Å². The number of aromatic nitrogens is 1. The molecule has 0 radical (unpaired) electrons. The molecule has 23 heavy (non-hydrogen) atoms. The van der Waals surface area contributed by atoms with E-state index in [2.05, 4.69) is 10.3 Å². The van der Waals surface area contributed by atoms with Gasteiger partial charge in [-0.25, -0.2) is 0 Å². The Morgan fingerprint density at radius 3 is 2.91 bits per heavy atom. The lowest BCUT2D eigenvalue weighted by Crippen LogP contribution is -2.51. The number of likely N-dealkylation sites (tertiary alicyclic amines) is 1. The highest BCUT2D eigenvalue weighted by molar-refractivity contribution is 5.91. The number of nitrogens with two attached hydrogens (primary N) is 1. The predicted octanol–water partition coefficient (Wildman–Crippen LogP) is -0.00480. The highest BCUT2D eigenvalue weighted by atomic mass is 16.2. The standard InChI is InChI=1S/C16H22N4O3/c1-11(16(23)20-9-3-5-13(20)15(17)22)19-14(21)7-6-12-4-2-8-18-10-12/h2,4,8,10-11,13H,3,5-7,9H2,1H3,(H2,17,22)(H,19,21)/t11?,13-/m0/s1. The second-order valence-electron chi connectivity index (χ2n) is 5.74. The minimum atomic E-state index is -0.670. The van der Waals surface area contributed by atoms with Crippen molar-refractivity contribution in [2.24, 2.45) is 5.73 Å². The van der Waals surface area contributed by atoms with Gasteiger partial charge in [0.2, 0.25) is 17.7 Å². The van der Waals surface area contributed by atoms with E-state index in [1.165, 1.54) is 4.90 Å². The van der Waals surface area contributed by atoms with Crippen LogP contribution in [-0.4, -0.2) is 46.2 Å². The molecule has 2 heterocycles. The van der Waals surface area contributed by atoms with Crippen LogP contribution in [0.2, 0.25) is 0 Å². The fourth-order valence-corrected chi connectivity index (χ4v) is 2.75. The molecule has 0 spiro atoms. The lowest BCUT2D eigenvalue weighted by Gasteiger charge is -2.25. The molecule has 0 aliphatic carbocycles. The molecular formula is C16H22N4O3. The molecule has 0 saturated carbocycles. The van der Waals surface area contributed by atoms with Gasteiger partial charge in [0.25, 0.3) is 0 Å². The fraction of sp³-hybridized carbons (Fsp3) is 0.500. The van der Waals surface area contributed by atoms with Crippen molar-refractivity contribution in [1.82, 2.24) is 15.2 Å². The molecule has 1 unspecified atom stereocenters. The van der Waals surface area contributed by atoms with Gasteiger partial charge in [-0.15, -0.1) is 0 Å². The topological polar surface area (TPSA) is 105 Å². The summed E-state index contributed by atoms with van der Waals surface area (Å²) in [5.41, 5.74) is 6.28. The van der Waals surface area contributed by atoms with E-state index in [1.807, 2.05) is 12.1 Å². The van der Waals surface area contributed by atoms with E-state index < -0.39 is 18.0 Å². The molecule has 1 aromatic rings.